The van der Waals surface area contributed by atoms with E-state index in [4.69, 9.17) is 4.98 Å². The summed E-state index contributed by atoms with van der Waals surface area (Å²) in [6.45, 7) is 3.79. The highest BCUT2D eigenvalue weighted by Crippen LogP contribution is 2.39. The zero-order valence-corrected chi connectivity index (χ0v) is 17.7. The summed E-state index contributed by atoms with van der Waals surface area (Å²) in [7, 11) is 0. The first kappa shape index (κ1) is 20.0. The van der Waals surface area contributed by atoms with E-state index in [0.717, 1.165) is 59.3 Å². The van der Waals surface area contributed by atoms with Crippen LogP contribution in [0.2, 0.25) is 0 Å². The lowest BCUT2D eigenvalue weighted by Crippen LogP contribution is -2.27. The van der Waals surface area contributed by atoms with Gasteiger partial charge in [0.25, 0.3) is 0 Å². The number of nitrogens with zero attached hydrogens (tertiary/aromatic N) is 6. The smallest absolute Gasteiger partial charge is 0.243 e. The highest BCUT2D eigenvalue weighted by molar-refractivity contribution is 8.00. The van der Waals surface area contributed by atoms with E-state index in [1.807, 2.05) is 19.1 Å². The molecule has 4 heterocycles. The molecule has 1 fully saturated rings. The summed E-state index contributed by atoms with van der Waals surface area (Å²) in [6.07, 6.45) is 3.81. The van der Waals surface area contributed by atoms with Crippen molar-refractivity contribution in [2.75, 3.05) is 13.1 Å². The molecule has 0 spiro atoms. The van der Waals surface area contributed by atoms with E-state index in [-0.39, 0.29) is 5.82 Å². The Labute approximate surface area is 182 Å². The van der Waals surface area contributed by atoms with Gasteiger partial charge >= 0.3 is 0 Å². The fourth-order valence-corrected chi connectivity index (χ4v) is 4.64. The van der Waals surface area contributed by atoms with Crippen molar-refractivity contribution in [2.45, 2.75) is 35.7 Å². The summed E-state index contributed by atoms with van der Waals surface area (Å²) in [5.41, 5.74) is 3.51. The third kappa shape index (κ3) is 4.26. The number of pyridine rings is 1. The van der Waals surface area contributed by atoms with E-state index >= 15 is 0 Å². The largest absolute Gasteiger partial charge is 0.341 e. The fourth-order valence-electron chi connectivity index (χ4n) is 3.79. The molecule has 5 rings (SSSR count). The van der Waals surface area contributed by atoms with Gasteiger partial charge in [-0.25, -0.2) is 14.4 Å². The number of aromatic nitrogens is 3. The van der Waals surface area contributed by atoms with E-state index in [0.29, 0.717) is 5.92 Å². The van der Waals surface area contributed by atoms with Gasteiger partial charge in [0.15, 0.2) is 0 Å². The average Bonchev–Trinajstić information content (AvgIpc) is 3.42. The van der Waals surface area contributed by atoms with Gasteiger partial charge in [0.2, 0.25) is 4.99 Å². The van der Waals surface area contributed by atoms with Crippen LogP contribution in [0.3, 0.4) is 0 Å². The van der Waals surface area contributed by atoms with Crippen LogP contribution in [0.15, 0.2) is 68.3 Å². The minimum absolute atomic E-state index is 0.265. The fraction of sp³-hybridized carbons (Fsp3) is 0.333. The number of imidazole rings is 1. The number of nitrogens with one attached hydrogen (secondary N) is 2. The SMILES string of the molecule is CC1(Sc2cc(-c3nc(C4CCNCC4)[nH]c3-c3ccc(F)cc3)ccn2)N=NN=N1. The number of thioether (sulfide) groups is 1. The standard InChI is InChI=1S/C21H21FN8S/c1-21(27-29-30-28-21)31-17-12-15(8-11-24-17)19-18(13-2-4-16(22)5-3-13)25-20(26-19)14-6-9-23-10-7-14/h2-5,8,11-12,14,23H,6-7,9-10H2,1H3,(H,25,26). The molecule has 2 N–H and O–H groups in total. The lowest BCUT2D eigenvalue weighted by molar-refractivity contribution is 0.447. The average molecular weight is 437 g/mol. The zero-order valence-electron chi connectivity index (χ0n) is 16.9. The predicted octanol–water partition coefficient (Wildman–Crippen LogP) is 5.34. The quantitative estimate of drug-likeness (QED) is 0.563. The molecule has 2 aliphatic heterocycles. The van der Waals surface area contributed by atoms with Gasteiger partial charge in [0.05, 0.1) is 11.4 Å². The molecule has 0 radical (unpaired) electrons. The lowest BCUT2D eigenvalue weighted by Gasteiger charge is -2.20. The topological polar surface area (TPSA) is 103 Å². The van der Waals surface area contributed by atoms with Gasteiger partial charge in [-0.3, -0.25) is 0 Å². The minimum Gasteiger partial charge on any atom is -0.341 e. The van der Waals surface area contributed by atoms with Crippen LogP contribution in [0, 0.1) is 5.82 Å². The zero-order chi connectivity index (χ0) is 21.3. The number of aromatic amines is 1. The Balaban J connectivity index is 1.55. The Hall–Kier alpha value is -2.98. The van der Waals surface area contributed by atoms with E-state index in [2.05, 4.69) is 36.0 Å². The summed E-state index contributed by atoms with van der Waals surface area (Å²) in [4.78, 5) is 12.2. The number of halogens is 1. The first-order valence-corrected chi connectivity index (χ1v) is 11.0. The van der Waals surface area contributed by atoms with Gasteiger partial charge in [-0.15, -0.1) is 10.2 Å². The molecule has 31 heavy (non-hydrogen) atoms. The van der Waals surface area contributed by atoms with Crippen LogP contribution in [0.5, 0.6) is 0 Å². The Kier molecular flexibility index (Phi) is 5.33. The van der Waals surface area contributed by atoms with E-state index in [1.54, 1.807) is 18.3 Å². The lowest BCUT2D eigenvalue weighted by atomic mass is 9.98. The molecule has 10 heteroatoms. The van der Waals surface area contributed by atoms with Crippen LogP contribution >= 0.6 is 11.8 Å². The molecule has 0 unspecified atom stereocenters. The third-order valence-corrected chi connectivity index (χ3v) is 6.37. The molecule has 8 nitrogen and oxygen atoms in total. The predicted molar refractivity (Wildman–Crippen MR) is 116 cm³/mol. The molecule has 0 atom stereocenters. The monoisotopic (exact) mass is 436 g/mol. The number of hydrogen-bond acceptors (Lipinski definition) is 8. The Morgan fingerprint density at radius 2 is 1.77 bits per heavy atom. The Morgan fingerprint density at radius 3 is 2.52 bits per heavy atom. The van der Waals surface area contributed by atoms with Crippen molar-refractivity contribution < 1.29 is 4.39 Å². The summed E-state index contributed by atoms with van der Waals surface area (Å²) >= 11 is 1.37. The molecule has 3 aromatic rings. The highest BCUT2D eigenvalue weighted by Gasteiger charge is 2.29. The van der Waals surface area contributed by atoms with Crippen molar-refractivity contribution in [1.82, 2.24) is 20.3 Å². The van der Waals surface area contributed by atoms with Crippen molar-refractivity contribution in [1.29, 1.82) is 0 Å². The van der Waals surface area contributed by atoms with E-state index in [1.165, 1.54) is 23.9 Å². The number of piperidine rings is 1. The molecule has 0 aliphatic carbocycles. The normalized spacial score (nSPS) is 18.0. The van der Waals surface area contributed by atoms with Crippen molar-refractivity contribution in [3.63, 3.8) is 0 Å². The van der Waals surface area contributed by atoms with Crippen LogP contribution < -0.4 is 5.32 Å². The second-order valence-corrected chi connectivity index (χ2v) is 9.07. The maximum atomic E-state index is 13.5. The van der Waals surface area contributed by atoms with Crippen LogP contribution in [-0.2, 0) is 0 Å². The molecule has 1 aromatic carbocycles. The minimum atomic E-state index is -0.808. The van der Waals surface area contributed by atoms with Gasteiger partial charge in [0, 0.05) is 23.2 Å². The summed E-state index contributed by atoms with van der Waals surface area (Å²) in [5.74, 6) is 1.06. The summed E-state index contributed by atoms with van der Waals surface area (Å²) in [6, 6.07) is 10.4. The van der Waals surface area contributed by atoms with Crippen LogP contribution in [0.25, 0.3) is 22.5 Å². The van der Waals surface area contributed by atoms with Crippen molar-refractivity contribution in [3.05, 3.63) is 54.2 Å². The molecular weight excluding hydrogens is 415 g/mol. The summed E-state index contributed by atoms with van der Waals surface area (Å²) in [5, 5.41) is 19.5. The van der Waals surface area contributed by atoms with Gasteiger partial charge in [0.1, 0.15) is 16.7 Å². The number of H-pyrrole nitrogens is 1. The molecule has 1 saturated heterocycles. The number of benzene rings is 1. The first-order valence-electron chi connectivity index (χ1n) is 10.2. The number of rotatable bonds is 5. The van der Waals surface area contributed by atoms with Crippen molar-refractivity contribution >= 4 is 11.8 Å². The molecule has 0 saturated carbocycles. The second-order valence-electron chi connectivity index (χ2n) is 7.67. The molecule has 158 valence electrons. The van der Waals surface area contributed by atoms with Crippen LogP contribution in [0.4, 0.5) is 4.39 Å². The van der Waals surface area contributed by atoms with Gasteiger partial charge in [-0.05, 0) is 91.5 Å². The van der Waals surface area contributed by atoms with E-state index < -0.39 is 4.99 Å². The van der Waals surface area contributed by atoms with Crippen molar-refractivity contribution in [3.8, 4) is 22.5 Å². The highest BCUT2D eigenvalue weighted by atomic mass is 32.2. The van der Waals surface area contributed by atoms with Crippen molar-refractivity contribution in [2.24, 2.45) is 20.7 Å². The van der Waals surface area contributed by atoms with Gasteiger partial charge in [-0.2, -0.15) is 0 Å². The molecule has 2 aromatic heterocycles. The Bertz CT molecular complexity index is 1120. The maximum absolute atomic E-state index is 13.5. The summed E-state index contributed by atoms with van der Waals surface area (Å²) < 4.78 is 13.5. The molecule has 2 aliphatic rings. The molecule has 0 amide bonds. The van der Waals surface area contributed by atoms with Crippen LogP contribution in [-0.4, -0.2) is 33.0 Å². The van der Waals surface area contributed by atoms with Gasteiger partial charge < -0.3 is 10.3 Å². The first-order chi connectivity index (χ1) is 15.1. The van der Waals surface area contributed by atoms with E-state index in [9.17, 15) is 4.39 Å². The Morgan fingerprint density at radius 1 is 1.03 bits per heavy atom. The third-order valence-electron chi connectivity index (χ3n) is 5.39. The maximum Gasteiger partial charge on any atom is 0.243 e. The number of hydrogen-bond donors (Lipinski definition) is 2. The van der Waals surface area contributed by atoms with Gasteiger partial charge in [-0.1, -0.05) is 0 Å². The second kappa shape index (κ2) is 8.27. The molecular formula is C21H21FN8S. The molecule has 0 bridgehead atoms. The van der Waals surface area contributed by atoms with Crippen LogP contribution in [0.1, 0.15) is 31.5 Å².